The topological polar surface area (TPSA) is 55.6 Å². The third kappa shape index (κ3) is 3.21. The quantitative estimate of drug-likeness (QED) is 0.906. The average Bonchev–Trinajstić information content (AvgIpc) is 2.48. The normalized spacial score (nSPS) is 19.4. The molecular weight excluding hydrogens is 264 g/mol. The van der Waals surface area contributed by atoms with Gasteiger partial charge in [-0.25, -0.2) is 0 Å². The molecule has 2 unspecified atom stereocenters. The lowest BCUT2D eigenvalue weighted by atomic mass is 10.0. The maximum atomic E-state index is 12.6. The van der Waals surface area contributed by atoms with Crippen LogP contribution in [0, 0.1) is 0 Å². The molecule has 1 aliphatic heterocycles. The van der Waals surface area contributed by atoms with E-state index in [0.29, 0.717) is 18.9 Å². The number of carbonyl (C=O) groups is 1. The second-order valence-electron chi connectivity index (χ2n) is 6.01. The van der Waals surface area contributed by atoms with Crippen molar-refractivity contribution in [1.29, 1.82) is 0 Å². The maximum absolute atomic E-state index is 12.6. The number of benzene rings is 1. The Kier molecular flexibility index (Phi) is 4.88. The standard InChI is InChI=1S/C17H26N2O2/c1-5-13(18)10-19-14-9-12(11(3)4)7-8-16(14)21-15(6-2)17(19)20/h7-9,11,13,15H,5-6,10,18H2,1-4H3. The molecule has 2 atom stereocenters. The van der Waals surface area contributed by atoms with Crippen molar-refractivity contribution in [3.8, 4) is 5.75 Å². The van der Waals surface area contributed by atoms with Crippen LogP contribution >= 0.6 is 0 Å². The summed E-state index contributed by atoms with van der Waals surface area (Å²) in [5.41, 5.74) is 8.14. The van der Waals surface area contributed by atoms with Crippen LogP contribution in [0.4, 0.5) is 5.69 Å². The second kappa shape index (κ2) is 6.48. The third-order valence-corrected chi connectivity index (χ3v) is 4.06. The molecule has 21 heavy (non-hydrogen) atoms. The number of anilines is 1. The molecule has 116 valence electrons. The highest BCUT2D eigenvalue weighted by Gasteiger charge is 2.34. The molecule has 1 amide bonds. The Labute approximate surface area is 127 Å². The molecule has 0 radical (unpaired) electrons. The van der Waals surface area contributed by atoms with Gasteiger partial charge in [-0.2, -0.15) is 0 Å². The molecule has 0 aliphatic carbocycles. The van der Waals surface area contributed by atoms with E-state index in [1.165, 1.54) is 5.56 Å². The first-order valence-corrected chi connectivity index (χ1v) is 7.85. The first-order valence-electron chi connectivity index (χ1n) is 7.85. The van der Waals surface area contributed by atoms with Crippen molar-refractivity contribution in [1.82, 2.24) is 0 Å². The van der Waals surface area contributed by atoms with Crippen LogP contribution in [0.1, 0.15) is 52.0 Å². The van der Waals surface area contributed by atoms with Crippen molar-refractivity contribution in [2.24, 2.45) is 5.73 Å². The minimum absolute atomic E-state index is 0.0138. The van der Waals surface area contributed by atoms with Crippen molar-refractivity contribution >= 4 is 11.6 Å². The number of nitrogens with zero attached hydrogens (tertiary/aromatic N) is 1. The lowest BCUT2D eigenvalue weighted by molar-refractivity contribution is -0.126. The van der Waals surface area contributed by atoms with Gasteiger partial charge < -0.3 is 15.4 Å². The minimum atomic E-state index is -0.397. The molecule has 4 nitrogen and oxygen atoms in total. The van der Waals surface area contributed by atoms with Crippen molar-refractivity contribution in [3.05, 3.63) is 23.8 Å². The van der Waals surface area contributed by atoms with Gasteiger partial charge in [0.25, 0.3) is 5.91 Å². The van der Waals surface area contributed by atoms with Crippen LogP contribution in [0.3, 0.4) is 0 Å². The Morgan fingerprint density at radius 2 is 2.05 bits per heavy atom. The molecule has 1 aromatic rings. The largest absolute Gasteiger partial charge is 0.478 e. The molecular formula is C17H26N2O2. The van der Waals surface area contributed by atoms with Gasteiger partial charge in [-0.3, -0.25) is 4.79 Å². The fourth-order valence-corrected chi connectivity index (χ4v) is 2.51. The van der Waals surface area contributed by atoms with Crippen LogP contribution in [0.25, 0.3) is 0 Å². The molecule has 0 bridgehead atoms. The molecule has 0 spiro atoms. The van der Waals surface area contributed by atoms with Gasteiger partial charge in [0, 0.05) is 12.6 Å². The lowest BCUT2D eigenvalue weighted by Crippen LogP contribution is -2.50. The number of hydrogen-bond donors (Lipinski definition) is 1. The molecule has 0 saturated carbocycles. The molecule has 1 heterocycles. The van der Waals surface area contributed by atoms with Crippen LogP contribution < -0.4 is 15.4 Å². The SMILES string of the molecule is CCC(N)CN1C(=O)C(CC)Oc2ccc(C(C)C)cc21. The minimum Gasteiger partial charge on any atom is -0.478 e. The second-order valence-corrected chi connectivity index (χ2v) is 6.01. The van der Waals surface area contributed by atoms with Gasteiger partial charge in [0.1, 0.15) is 5.75 Å². The summed E-state index contributed by atoms with van der Waals surface area (Å²) < 4.78 is 5.84. The van der Waals surface area contributed by atoms with Gasteiger partial charge >= 0.3 is 0 Å². The van der Waals surface area contributed by atoms with Crippen molar-refractivity contribution in [3.63, 3.8) is 0 Å². The number of rotatable bonds is 5. The zero-order valence-corrected chi connectivity index (χ0v) is 13.4. The fourth-order valence-electron chi connectivity index (χ4n) is 2.51. The lowest BCUT2D eigenvalue weighted by Gasteiger charge is -2.35. The Balaban J connectivity index is 2.42. The van der Waals surface area contributed by atoms with Crippen molar-refractivity contribution in [2.75, 3.05) is 11.4 Å². The van der Waals surface area contributed by atoms with E-state index in [0.717, 1.165) is 17.9 Å². The zero-order valence-electron chi connectivity index (χ0n) is 13.4. The maximum Gasteiger partial charge on any atom is 0.268 e. The van der Waals surface area contributed by atoms with Crippen LogP contribution in [0.5, 0.6) is 5.75 Å². The van der Waals surface area contributed by atoms with Gasteiger partial charge in [-0.15, -0.1) is 0 Å². The highest BCUT2D eigenvalue weighted by Crippen LogP contribution is 2.37. The summed E-state index contributed by atoms with van der Waals surface area (Å²) in [5.74, 6) is 1.22. The van der Waals surface area contributed by atoms with Gasteiger partial charge in [-0.1, -0.05) is 33.8 Å². The molecule has 0 aromatic heterocycles. The Hall–Kier alpha value is -1.55. The first-order chi connectivity index (χ1) is 9.97. The van der Waals surface area contributed by atoms with E-state index < -0.39 is 6.10 Å². The number of fused-ring (bicyclic) bond motifs is 1. The Morgan fingerprint density at radius 3 is 2.62 bits per heavy atom. The van der Waals surface area contributed by atoms with Gasteiger partial charge in [0.2, 0.25) is 0 Å². The van der Waals surface area contributed by atoms with Crippen LogP contribution in [-0.2, 0) is 4.79 Å². The molecule has 4 heteroatoms. The monoisotopic (exact) mass is 290 g/mol. The van der Waals surface area contributed by atoms with Gasteiger partial charge in [0.05, 0.1) is 5.69 Å². The summed E-state index contributed by atoms with van der Waals surface area (Å²) >= 11 is 0. The summed E-state index contributed by atoms with van der Waals surface area (Å²) in [6.07, 6.45) is 1.12. The van der Waals surface area contributed by atoms with Crippen molar-refractivity contribution in [2.45, 2.75) is 58.6 Å². The highest BCUT2D eigenvalue weighted by molar-refractivity contribution is 6.00. The van der Waals surface area contributed by atoms with Gasteiger partial charge in [-0.05, 0) is 36.5 Å². The Bertz CT molecular complexity index is 514. The number of amides is 1. The summed E-state index contributed by atoms with van der Waals surface area (Å²) in [5, 5.41) is 0. The molecule has 2 N–H and O–H groups in total. The van der Waals surface area contributed by atoms with E-state index in [1.54, 1.807) is 0 Å². The summed E-state index contributed by atoms with van der Waals surface area (Å²) in [4.78, 5) is 14.4. The fraction of sp³-hybridized carbons (Fsp3) is 0.588. The average molecular weight is 290 g/mol. The van der Waals surface area contributed by atoms with E-state index in [2.05, 4.69) is 26.0 Å². The van der Waals surface area contributed by atoms with E-state index >= 15 is 0 Å². The van der Waals surface area contributed by atoms with E-state index in [4.69, 9.17) is 10.5 Å². The van der Waals surface area contributed by atoms with E-state index in [1.807, 2.05) is 24.8 Å². The Morgan fingerprint density at radius 1 is 1.33 bits per heavy atom. The van der Waals surface area contributed by atoms with Gasteiger partial charge in [0.15, 0.2) is 6.10 Å². The van der Waals surface area contributed by atoms with Crippen molar-refractivity contribution < 1.29 is 9.53 Å². The summed E-state index contributed by atoms with van der Waals surface area (Å²) in [6, 6.07) is 6.10. The molecule has 1 aromatic carbocycles. The predicted molar refractivity (Wildman–Crippen MR) is 85.9 cm³/mol. The predicted octanol–water partition coefficient (Wildman–Crippen LogP) is 3.05. The zero-order chi connectivity index (χ0) is 15.6. The number of hydrogen-bond acceptors (Lipinski definition) is 3. The molecule has 2 rings (SSSR count). The van der Waals surface area contributed by atoms with E-state index in [9.17, 15) is 4.79 Å². The van der Waals surface area contributed by atoms with Crippen LogP contribution in [0.2, 0.25) is 0 Å². The first kappa shape index (κ1) is 15.8. The van der Waals surface area contributed by atoms with Crippen LogP contribution in [0.15, 0.2) is 18.2 Å². The van der Waals surface area contributed by atoms with E-state index in [-0.39, 0.29) is 11.9 Å². The molecule has 0 fully saturated rings. The number of carbonyl (C=O) groups excluding carboxylic acids is 1. The summed E-state index contributed by atoms with van der Waals surface area (Å²) in [6.45, 7) is 8.84. The molecule has 0 saturated heterocycles. The smallest absolute Gasteiger partial charge is 0.268 e. The number of nitrogens with two attached hydrogens (primary N) is 1. The van der Waals surface area contributed by atoms with Crippen LogP contribution in [-0.4, -0.2) is 24.6 Å². The molecule has 1 aliphatic rings. The third-order valence-electron chi connectivity index (χ3n) is 4.06. The number of ether oxygens (including phenoxy) is 1. The summed E-state index contributed by atoms with van der Waals surface area (Å²) in [7, 11) is 0. The highest BCUT2D eigenvalue weighted by atomic mass is 16.5.